The molecule has 0 saturated heterocycles. The van der Waals surface area contributed by atoms with Crippen LogP contribution in [0.4, 0.5) is 0 Å². The fraction of sp³-hybridized carbons (Fsp3) is 0.0500. The molecule has 0 bridgehead atoms. The van der Waals surface area contributed by atoms with Gasteiger partial charge in [-0.2, -0.15) is 19.9 Å². The fourth-order valence-electron chi connectivity index (χ4n) is 20.0. The predicted octanol–water partition coefficient (Wildman–Crippen LogP) is 30.5. The predicted molar refractivity (Wildman–Crippen MR) is 528 cm³/mol. The van der Waals surface area contributed by atoms with Crippen LogP contribution in [0.5, 0.6) is 0 Å². The molecule has 0 spiro atoms. The molecule has 24 rings (SSSR count). The van der Waals surface area contributed by atoms with E-state index < -0.39 is 0 Å². The van der Waals surface area contributed by atoms with Gasteiger partial charge in [-0.25, -0.2) is 9.97 Å². The van der Waals surface area contributed by atoms with Crippen molar-refractivity contribution in [1.29, 1.82) is 0 Å². The van der Waals surface area contributed by atoms with Crippen LogP contribution < -0.4 is 0 Å². The van der Waals surface area contributed by atoms with Crippen molar-refractivity contribution in [1.82, 2.24) is 39.0 Å². The Balaban J connectivity index is 0.654. The van der Waals surface area contributed by atoms with Gasteiger partial charge in [-0.15, -0.1) is 0 Å². The largest absolute Gasteiger partial charge is 0.278 e. The van der Waals surface area contributed by atoms with Crippen molar-refractivity contribution in [2.45, 2.75) is 38.5 Å². The minimum absolute atomic E-state index is 0.303. The zero-order valence-corrected chi connectivity index (χ0v) is 71.0. The molecule has 18 aromatic carbocycles. The van der Waals surface area contributed by atoms with Gasteiger partial charge in [-0.3, -0.25) is 9.13 Å². The van der Waals surface area contributed by atoms with Gasteiger partial charge in [0.1, 0.15) is 0 Å². The van der Waals surface area contributed by atoms with Crippen molar-refractivity contribution in [3.05, 3.63) is 447 Å². The lowest BCUT2D eigenvalue weighted by atomic mass is 9.82. The number of hydrogen-bond donors (Lipinski definition) is 0. The van der Waals surface area contributed by atoms with E-state index in [9.17, 15) is 0 Å². The third kappa shape index (κ3) is 13.0. The van der Waals surface area contributed by atoms with E-state index >= 15 is 0 Å². The van der Waals surface area contributed by atoms with E-state index in [1.165, 1.54) is 66.8 Å². The molecule has 4 heterocycles. The molecule has 0 aliphatic heterocycles. The molecule has 0 N–H and O–H groups in total. The van der Waals surface area contributed by atoms with Crippen molar-refractivity contribution < 1.29 is 0 Å². The molecule has 0 atom stereocenters. The Morgan fingerprint density at radius 2 is 0.391 bits per heavy atom. The second-order valence-electron chi connectivity index (χ2n) is 35.0. The van der Waals surface area contributed by atoms with E-state index in [1.54, 1.807) is 0 Å². The van der Waals surface area contributed by atoms with Gasteiger partial charge >= 0.3 is 0 Å². The number of benzene rings is 18. The molecule has 0 saturated carbocycles. The summed E-state index contributed by atoms with van der Waals surface area (Å²) < 4.78 is 4.58. The zero-order valence-electron chi connectivity index (χ0n) is 71.0. The summed E-state index contributed by atoms with van der Waals surface area (Å²) in [7, 11) is 0. The van der Waals surface area contributed by atoms with Gasteiger partial charge in [0.2, 0.25) is 11.9 Å². The van der Waals surface area contributed by atoms with E-state index in [-0.39, 0.29) is 10.8 Å². The number of fused-ring (bicyclic) bond motifs is 12. The Morgan fingerprint density at radius 3 is 0.719 bits per heavy atom. The Bertz CT molecular complexity index is 7620. The maximum atomic E-state index is 5.65. The SMILES string of the molecule is CC1(C)c2ccccc2-c2cc3c4cc(-c5ccc6c(c5)c5cc7c(cc5n6-c5nc(-c6ccccc6)nc(-c6cccc(-c8cccc(-c9cc(-c%10ccccc%10)cc(-c%10ccccc%10)c9)c8)c6)n5)C(C)(C)c5ccccc5-7)ccc4n(-c4nc(-c5ccccc5)nc(-c5cccc(-c6cccc(-c7cc(-c8ccccc8)cc(-c8ccccc8)c7)c6)c5)n4)c3cc21. The molecule has 602 valence electrons. The molecule has 8 nitrogen and oxygen atoms in total. The second-order valence-corrected chi connectivity index (χ2v) is 35.0. The van der Waals surface area contributed by atoms with Crippen molar-refractivity contribution >= 4 is 43.6 Å². The van der Waals surface area contributed by atoms with E-state index in [0.29, 0.717) is 35.2 Å². The van der Waals surface area contributed by atoms with Gasteiger partial charge in [0.25, 0.3) is 0 Å². The summed E-state index contributed by atoms with van der Waals surface area (Å²) in [6.45, 7) is 9.42. The van der Waals surface area contributed by atoms with Gasteiger partial charge in [-0.05, 0) is 254 Å². The van der Waals surface area contributed by atoms with Gasteiger partial charge < -0.3 is 0 Å². The molecule has 128 heavy (non-hydrogen) atoms. The normalized spacial score (nSPS) is 12.8. The van der Waals surface area contributed by atoms with Crippen LogP contribution in [0.25, 0.3) is 223 Å². The minimum Gasteiger partial charge on any atom is -0.278 e. The molecule has 0 radical (unpaired) electrons. The minimum atomic E-state index is -0.303. The second kappa shape index (κ2) is 30.2. The Hall–Kier alpha value is -16.4. The quantitative estimate of drug-likeness (QED) is 0.102. The van der Waals surface area contributed by atoms with E-state index in [2.05, 4.69) is 449 Å². The molecule has 8 heteroatoms. The average Bonchev–Trinajstić information content (AvgIpc) is 1.55. The average molecular weight is 1640 g/mol. The molecular formula is C120H82N8. The highest BCUT2D eigenvalue weighted by atomic mass is 15.2. The van der Waals surface area contributed by atoms with Crippen LogP contribution >= 0.6 is 0 Å². The first-order chi connectivity index (χ1) is 62.9. The van der Waals surface area contributed by atoms with Gasteiger partial charge in [0.05, 0.1) is 22.1 Å². The van der Waals surface area contributed by atoms with Crippen LogP contribution in [-0.2, 0) is 10.8 Å². The number of nitrogens with zero attached hydrogens (tertiary/aromatic N) is 8. The smallest absolute Gasteiger partial charge is 0.238 e. The summed E-state index contributed by atoms with van der Waals surface area (Å²) >= 11 is 0. The molecule has 4 aromatic heterocycles. The zero-order chi connectivity index (χ0) is 85.3. The maximum absolute atomic E-state index is 5.65. The van der Waals surface area contributed by atoms with E-state index in [1.807, 2.05) is 12.1 Å². The van der Waals surface area contributed by atoms with Gasteiger partial charge in [0.15, 0.2) is 23.3 Å². The summed E-state index contributed by atoms with van der Waals surface area (Å²) in [5.74, 6) is 3.33. The molecule has 2 aliphatic rings. The molecular weight excluding hydrogens is 1550 g/mol. The van der Waals surface area contributed by atoms with Crippen LogP contribution in [0.1, 0.15) is 49.9 Å². The summed E-state index contributed by atoms with van der Waals surface area (Å²) in [5.41, 5.74) is 37.2. The lowest BCUT2D eigenvalue weighted by Crippen LogP contribution is -2.15. The highest BCUT2D eigenvalue weighted by Crippen LogP contribution is 2.54. The molecule has 2 aliphatic carbocycles. The van der Waals surface area contributed by atoms with Crippen molar-refractivity contribution in [3.63, 3.8) is 0 Å². The summed E-state index contributed by atoms with van der Waals surface area (Å²) in [6, 6.07) is 154. The van der Waals surface area contributed by atoms with Crippen LogP contribution in [0.15, 0.2) is 425 Å². The highest BCUT2D eigenvalue weighted by Gasteiger charge is 2.39. The van der Waals surface area contributed by atoms with E-state index in [0.717, 1.165) is 144 Å². The first-order valence-electron chi connectivity index (χ1n) is 43.9. The van der Waals surface area contributed by atoms with Crippen LogP contribution in [0.2, 0.25) is 0 Å². The van der Waals surface area contributed by atoms with Crippen LogP contribution in [-0.4, -0.2) is 39.0 Å². The van der Waals surface area contributed by atoms with Crippen LogP contribution in [0, 0.1) is 0 Å². The lowest BCUT2D eigenvalue weighted by Gasteiger charge is -2.21. The topological polar surface area (TPSA) is 87.2 Å². The van der Waals surface area contributed by atoms with E-state index in [4.69, 9.17) is 29.9 Å². The lowest BCUT2D eigenvalue weighted by molar-refractivity contribution is 0.660. The Kier molecular flexibility index (Phi) is 17.8. The monoisotopic (exact) mass is 1630 g/mol. The van der Waals surface area contributed by atoms with Crippen molar-refractivity contribution in [3.8, 4) is 180 Å². The molecule has 0 unspecified atom stereocenters. The number of hydrogen-bond acceptors (Lipinski definition) is 6. The summed E-state index contributed by atoms with van der Waals surface area (Å²) in [5, 5.41) is 4.34. The third-order valence-electron chi connectivity index (χ3n) is 26.6. The molecule has 0 fully saturated rings. The van der Waals surface area contributed by atoms with Gasteiger partial charge in [-0.1, -0.05) is 343 Å². The summed E-state index contributed by atoms with van der Waals surface area (Å²) in [4.78, 5) is 33.3. The van der Waals surface area contributed by atoms with Gasteiger partial charge in [0, 0.05) is 54.6 Å². The fourth-order valence-corrected chi connectivity index (χ4v) is 20.0. The summed E-state index contributed by atoms with van der Waals surface area (Å²) in [6.07, 6.45) is 0. The Morgan fingerprint density at radius 1 is 0.156 bits per heavy atom. The first kappa shape index (κ1) is 75.3. The van der Waals surface area contributed by atoms with Crippen molar-refractivity contribution in [2.24, 2.45) is 0 Å². The molecule has 0 amide bonds. The third-order valence-corrected chi connectivity index (χ3v) is 26.6. The van der Waals surface area contributed by atoms with Crippen LogP contribution in [0.3, 0.4) is 0 Å². The Labute approximate surface area is 742 Å². The maximum Gasteiger partial charge on any atom is 0.238 e. The standard InChI is InChI=1S/C120H82N8/c1-119(2)105-53-25-23-51-97(105)99-71-103-101-69-87(55-57-109(101)127(111(103)73-107(99)119)117-123-113(79-39-19-9-20-40-79)121-115(125-117)89-49-29-45-83(61-89)81-43-27-47-85(59-81)95-65-91(75-31-11-5-12-32-75)63-92(66-95)76-33-13-6-14-34-76)88-56-58-110-102(70-88)104-72-100-98-52-24-26-54-106(98)120(3,4)108(100)74-112(104)128(110)118-124-114(80-41-21-10-22-42-80)122-116(126-118)90-50-30-46-84(62-90)82-44-28-48-86(60-82)96-67-93(77-35-15-7-16-36-77)64-94(68-96)78-37-17-8-18-38-78/h5-74H,1-4H3. The number of aromatic nitrogens is 8. The van der Waals surface area contributed by atoms with Crippen molar-refractivity contribution in [2.75, 3.05) is 0 Å². The first-order valence-corrected chi connectivity index (χ1v) is 43.9. The molecule has 22 aromatic rings. The number of rotatable bonds is 15. The highest BCUT2D eigenvalue weighted by molar-refractivity contribution is 6.15.